The number of fused-ring (bicyclic) bond motifs is 1. The Morgan fingerprint density at radius 3 is 2.69 bits per heavy atom. The molecule has 0 saturated heterocycles. The molecule has 4 rings (SSSR count). The summed E-state index contributed by atoms with van der Waals surface area (Å²) in [5, 5.41) is 3.37. The first kappa shape index (κ1) is 21.9. The molecule has 0 aliphatic heterocycles. The second kappa shape index (κ2) is 8.64. The fourth-order valence-electron chi connectivity index (χ4n) is 3.28. The minimum Gasteiger partial charge on any atom is -0.478 e. The zero-order valence-electron chi connectivity index (χ0n) is 16.9. The number of aromatic nitrogens is 2. The average Bonchev–Trinajstić information content (AvgIpc) is 3.17. The van der Waals surface area contributed by atoms with Crippen molar-refractivity contribution in [2.45, 2.75) is 20.0 Å². The van der Waals surface area contributed by atoms with Gasteiger partial charge in [0.05, 0.1) is 16.7 Å². The fourth-order valence-corrected chi connectivity index (χ4v) is 3.95. The highest BCUT2D eigenvalue weighted by molar-refractivity contribution is 6.36. The molecule has 4 aromatic rings. The number of carbonyl (C=O) groups is 1. The summed E-state index contributed by atoms with van der Waals surface area (Å²) in [7, 11) is 0. The maximum absolute atomic E-state index is 13.9. The molecule has 3 N–H and O–H groups in total. The quantitative estimate of drug-likeness (QED) is 0.343. The van der Waals surface area contributed by atoms with E-state index in [2.05, 4.69) is 15.3 Å². The second-order valence-corrected chi connectivity index (χ2v) is 7.78. The molecule has 0 spiro atoms. The minimum absolute atomic E-state index is 0.0908. The molecule has 3 heterocycles. The molecule has 0 aliphatic rings. The van der Waals surface area contributed by atoms with Crippen molar-refractivity contribution in [3.63, 3.8) is 0 Å². The number of furan rings is 1. The Labute approximate surface area is 192 Å². The van der Waals surface area contributed by atoms with E-state index in [1.165, 1.54) is 25.3 Å². The third kappa shape index (κ3) is 4.06. The first-order valence-corrected chi connectivity index (χ1v) is 10.2. The van der Waals surface area contributed by atoms with Crippen LogP contribution in [0.1, 0.15) is 25.5 Å². The maximum atomic E-state index is 13.9. The van der Waals surface area contributed by atoms with Crippen LogP contribution in [-0.4, -0.2) is 15.9 Å². The summed E-state index contributed by atoms with van der Waals surface area (Å²) < 4.78 is 25.7. The van der Waals surface area contributed by atoms with Gasteiger partial charge in [0.2, 0.25) is 11.7 Å². The highest BCUT2D eigenvalue weighted by Gasteiger charge is 2.23. The van der Waals surface area contributed by atoms with E-state index in [0.29, 0.717) is 22.4 Å². The predicted molar refractivity (Wildman–Crippen MR) is 121 cm³/mol. The topological polar surface area (TPSA) is 103 Å². The van der Waals surface area contributed by atoms with E-state index in [-0.39, 0.29) is 33.1 Å². The van der Waals surface area contributed by atoms with Crippen LogP contribution >= 0.6 is 23.2 Å². The summed E-state index contributed by atoms with van der Waals surface area (Å²) >= 11 is 12.3. The van der Waals surface area contributed by atoms with E-state index in [0.717, 1.165) is 5.56 Å². The summed E-state index contributed by atoms with van der Waals surface area (Å²) in [5.41, 5.74) is 8.12. The van der Waals surface area contributed by atoms with Crippen LogP contribution in [-0.2, 0) is 4.79 Å². The third-order valence-corrected chi connectivity index (χ3v) is 5.47. The molecule has 164 valence electrons. The van der Waals surface area contributed by atoms with Crippen molar-refractivity contribution in [1.29, 1.82) is 0 Å². The summed E-state index contributed by atoms with van der Waals surface area (Å²) in [5.74, 6) is -0.124. The smallest absolute Gasteiger partial charge is 0.222 e. The number of nitrogen functional groups attached to an aromatic ring is 1. The number of ether oxygens (including phenoxy) is 1. The Bertz CT molecular complexity index is 1330. The average molecular weight is 475 g/mol. The van der Waals surface area contributed by atoms with Crippen molar-refractivity contribution in [3.8, 4) is 16.9 Å². The maximum Gasteiger partial charge on any atom is 0.222 e. The van der Waals surface area contributed by atoms with Gasteiger partial charge in [-0.2, -0.15) is 0 Å². The SMILES string of the molecule is CC(=O)Nc1ccc(-c2coc3c(OC(C)c4c(Cl)ccc(F)c4Cl)c(N)ncc23)cn1. The van der Waals surface area contributed by atoms with Crippen LogP contribution < -0.4 is 15.8 Å². The van der Waals surface area contributed by atoms with E-state index >= 15 is 0 Å². The van der Waals surface area contributed by atoms with Crippen molar-refractivity contribution >= 4 is 51.7 Å². The van der Waals surface area contributed by atoms with E-state index < -0.39 is 11.9 Å². The standard InChI is InChI=1S/C22H17Cl2FN4O3/c1-10(18-15(23)4-5-16(25)19(18)24)32-21-20-13(8-28-22(21)26)14(9-31-20)12-3-6-17(27-7-12)29-11(2)30/h3-10H,1-2H3,(H2,26,28)(H,27,29,30). The first-order chi connectivity index (χ1) is 15.3. The van der Waals surface area contributed by atoms with E-state index in [1.54, 1.807) is 31.5 Å². The van der Waals surface area contributed by atoms with E-state index in [4.69, 9.17) is 38.1 Å². The summed E-state index contributed by atoms with van der Waals surface area (Å²) in [4.78, 5) is 19.6. The van der Waals surface area contributed by atoms with Crippen LogP contribution in [0.2, 0.25) is 10.0 Å². The first-order valence-electron chi connectivity index (χ1n) is 9.46. The molecule has 0 fully saturated rings. The lowest BCUT2D eigenvalue weighted by Crippen LogP contribution is -2.08. The van der Waals surface area contributed by atoms with Crippen LogP contribution in [0.15, 0.2) is 47.3 Å². The van der Waals surface area contributed by atoms with Crippen molar-refractivity contribution < 1.29 is 18.3 Å². The zero-order valence-corrected chi connectivity index (χ0v) is 18.5. The minimum atomic E-state index is -0.743. The van der Waals surface area contributed by atoms with Crippen molar-refractivity contribution in [2.75, 3.05) is 11.1 Å². The number of benzene rings is 1. The summed E-state index contributed by atoms with van der Waals surface area (Å²) in [6.45, 7) is 3.07. The highest BCUT2D eigenvalue weighted by atomic mass is 35.5. The van der Waals surface area contributed by atoms with Crippen LogP contribution in [0.5, 0.6) is 5.75 Å². The number of nitrogens with zero attached hydrogens (tertiary/aromatic N) is 2. The predicted octanol–water partition coefficient (Wildman–Crippen LogP) is 6.02. The molecule has 32 heavy (non-hydrogen) atoms. The lowest BCUT2D eigenvalue weighted by Gasteiger charge is -2.18. The number of hydrogen-bond acceptors (Lipinski definition) is 6. The van der Waals surface area contributed by atoms with Gasteiger partial charge in [0.15, 0.2) is 11.4 Å². The van der Waals surface area contributed by atoms with Gasteiger partial charge in [0.25, 0.3) is 0 Å². The third-order valence-electron chi connectivity index (χ3n) is 4.76. The molecule has 1 unspecified atom stereocenters. The number of amides is 1. The molecule has 10 heteroatoms. The Morgan fingerprint density at radius 1 is 1.22 bits per heavy atom. The summed E-state index contributed by atoms with van der Waals surface area (Å²) in [6.07, 6.45) is 3.94. The van der Waals surface area contributed by atoms with Crippen LogP contribution in [0, 0.1) is 5.82 Å². The van der Waals surface area contributed by atoms with Gasteiger partial charge >= 0.3 is 0 Å². The molecule has 1 amide bonds. The van der Waals surface area contributed by atoms with E-state index in [9.17, 15) is 9.18 Å². The van der Waals surface area contributed by atoms with Gasteiger partial charge in [-0.3, -0.25) is 4.79 Å². The summed E-state index contributed by atoms with van der Waals surface area (Å²) in [6, 6.07) is 6.05. The number of nitrogens with two attached hydrogens (primary N) is 1. The number of rotatable bonds is 5. The zero-order chi connectivity index (χ0) is 23.0. The van der Waals surface area contributed by atoms with Crippen LogP contribution in [0.4, 0.5) is 16.0 Å². The number of carbonyl (C=O) groups excluding carboxylic acids is 1. The molecule has 1 aromatic carbocycles. The van der Waals surface area contributed by atoms with Gasteiger partial charge in [-0.05, 0) is 31.2 Å². The number of nitrogens with one attached hydrogen (secondary N) is 1. The number of hydrogen-bond donors (Lipinski definition) is 2. The van der Waals surface area contributed by atoms with Gasteiger partial charge in [-0.1, -0.05) is 23.2 Å². The Kier molecular flexibility index (Phi) is 5.90. The molecule has 3 aromatic heterocycles. The molecule has 1 atom stereocenters. The van der Waals surface area contributed by atoms with Crippen LogP contribution in [0.25, 0.3) is 22.1 Å². The van der Waals surface area contributed by atoms with Crippen molar-refractivity contribution in [2.24, 2.45) is 0 Å². The van der Waals surface area contributed by atoms with Crippen LogP contribution in [0.3, 0.4) is 0 Å². The van der Waals surface area contributed by atoms with Gasteiger partial charge in [0, 0.05) is 41.0 Å². The molecule has 0 saturated carbocycles. The Hall–Kier alpha value is -3.36. The lowest BCUT2D eigenvalue weighted by atomic mass is 10.1. The number of pyridine rings is 2. The van der Waals surface area contributed by atoms with Gasteiger partial charge < -0.3 is 20.2 Å². The number of halogens is 3. The highest BCUT2D eigenvalue weighted by Crippen LogP contribution is 2.41. The van der Waals surface area contributed by atoms with Crippen molar-refractivity contribution in [3.05, 3.63) is 64.3 Å². The molecule has 0 radical (unpaired) electrons. The van der Waals surface area contributed by atoms with E-state index in [1.807, 2.05) is 0 Å². The molecular formula is C22H17Cl2FN4O3. The monoisotopic (exact) mass is 474 g/mol. The Morgan fingerprint density at radius 2 is 2.00 bits per heavy atom. The number of anilines is 2. The normalized spacial score (nSPS) is 12.0. The largest absolute Gasteiger partial charge is 0.478 e. The van der Waals surface area contributed by atoms with Gasteiger partial charge in [0.1, 0.15) is 17.7 Å². The molecule has 7 nitrogen and oxygen atoms in total. The Balaban J connectivity index is 1.72. The lowest BCUT2D eigenvalue weighted by molar-refractivity contribution is -0.114. The van der Waals surface area contributed by atoms with Crippen molar-refractivity contribution in [1.82, 2.24) is 9.97 Å². The fraction of sp³-hybridized carbons (Fsp3) is 0.136. The molecular weight excluding hydrogens is 458 g/mol. The van der Waals surface area contributed by atoms with Gasteiger partial charge in [-0.15, -0.1) is 0 Å². The van der Waals surface area contributed by atoms with Gasteiger partial charge in [-0.25, -0.2) is 14.4 Å². The molecule has 0 aliphatic carbocycles. The molecule has 0 bridgehead atoms. The second-order valence-electron chi connectivity index (χ2n) is 6.99.